The Morgan fingerprint density at radius 3 is 2.12 bits per heavy atom. The lowest BCUT2D eigenvalue weighted by molar-refractivity contribution is -0.134. The van der Waals surface area contributed by atoms with Crippen molar-refractivity contribution in [1.82, 2.24) is 4.90 Å². The first kappa shape index (κ1) is 18.8. The maximum atomic E-state index is 12.2. The van der Waals surface area contributed by atoms with Gasteiger partial charge in [-0.2, -0.15) is 0 Å². The van der Waals surface area contributed by atoms with E-state index in [0.29, 0.717) is 11.3 Å². The molecule has 1 aliphatic rings. The standard InChI is InChI=1S/C18H24N2O5/c19-16(21)12-24-15-8-6-14(7-9-15)18(23)25-13-17(22)20-10-4-2-1-3-5-11-20/h6-9H,1-5,10-13H2,(H2,19,21). The summed E-state index contributed by atoms with van der Waals surface area (Å²) in [6, 6.07) is 6.11. The van der Waals surface area contributed by atoms with E-state index in [4.69, 9.17) is 15.2 Å². The summed E-state index contributed by atoms with van der Waals surface area (Å²) in [6.07, 6.45) is 5.47. The van der Waals surface area contributed by atoms with Gasteiger partial charge in [0.15, 0.2) is 13.2 Å². The molecule has 2 rings (SSSR count). The minimum atomic E-state index is -0.578. The number of likely N-dealkylation sites (tertiary alicyclic amines) is 1. The van der Waals surface area contributed by atoms with Crippen LogP contribution in [0.15, 0.2) is 24.3 Å². The summed E-state index contributed by atoms with van der Waals surface area (Å²) in [5.41, 5.74) is 5.30. The van der Waals surface area contributed by atoms with E-state index in [1.165, 1.54) is 18.6 Å². The summed E-state index contributed by atoms with van der Waals surface area (Å²) in [4.78, 5) is 36.6. The van der Waals surface area contributed by atoms with E-state index in [2.05, 4.69) is 0 Å². The van der Waals surface area contributed by atoms with Gasteiger partial charge in [-0.3, -0.25) is 9.59 Å². The van der Waals surface area contributed by atoms with Crippen LogP contribution in [0.5, 0.6) is 5.75 Å². The number of carbonyl (C=O) groups is 3. The molecule has 2 amide bonds. The van der Waals surface area contributed by atoms with Crippen LogP contribution < -0.4 is 10.5 Å². The van der Waals surface area contributed by atoms with Gasteiger partial charge in [-0.25, -0.2) is 4.79 Å². The molecule has 7 heteroatoms. The van der Waals surface area contributed by atoms with Crippen molar-refractivity contribution >= 4 is 17.8 Å². The molecule has 0 aromatic heterocycles. The van der Waals surface area contributed by atoms with Crippen molar-refractivity contribution in [3.63, 3.8) is 0 Å². The van der Waals surface area contributed by atoms with Crippen molar-refractivity contribution < 1.29 is 23.9 Å². The lowest BCUT2D eigenvalue weighted by Crippen LogP contribution is -2.36. The normalized spacial score (nSPS) is 15.0. The van der Waals surface area contributed by atoms with Crippen LogP contribution in [0.3, 0.4) is 0 Å². The lowest BCUT2D eigenvalue weighted by atomic mass is 10.1. The molecule has 1 fully saturated rings. The molecule has 136 valence electrons. The molecule has 2 N–H and O–H groups in total. The third-order valence-corrected chi connectivity index (χ3v) is 4.01. The lowest BCUT2D eigenvalue weighted by Gasteiger charge is -2.24. The van der Waals surface area contributed by atoms with Crippen LogP contribution in [0.25, 0.3) is 0 Å². The Morgan fingerprint density at radius 1 is 0.920 bits per heavy atom. The highest BCUT2D eigenvalue weighted by Gasteiger charge is 2.17. The number of rotatable bonds is 6. The van der Waals surface area contributed by atoms with Crippen LogP contribution >= 0.6 is 0 Å². The van der Waals surface area contributed by atoms with E-state index in [-0.39, 0.29) is 19.1 Å². The van der Waals surface area contributed by atoms with Gasteiger partial charge in [0.05, 0.1) is 5.56 Å². The van der Waals surface area contributed by atoms with Crippen molar-refractivity contribution in [2.45, 2.75) is 32.1 Å². The minimum absolute atomic E-state index is 0.156. The Labute approximate surface area is 147 Å². The zero-order valence-corrected chi connectivity index (χ0v) is 14.2. The Kier molecular flexibility index (Phi) is 7.25. The molecule has 0 saturated carbocycles. The second kappa shape index (κ2) is 9.66. The Morgan fingerprint density at radius 2 is 1.52 bits per heavy atom. The average Bonchev–Trinajstić information content (AvgIpc) is 2.57. The number of nitrogens with two attached hydrogens (primary N) is 1. The third-order valence-electron chi connectivity index (χ3n) is 4.01. The van der Waals surface area contributed by atoms with Crippen LogP contribution in [0.1, 0.15) is 42.5 Å². The molecule has 0 atom stereocenters. The SMILES string of the molecule is NC(=O)COc1ccc(C(=O)OCC(=O)N2CCCCCCC2)cc1. The number of nitrogens with zero attached hydrogens (tertiary/aromatic N) is 1. The number of esters is 1. The average molecular weight is 348 g/mol. The van der Waals surface area contributed by atoms with E-state index in [9.17, 15) is 14.4 Å². The zero-order valence-electron chi connectivity index (χ0n) is 14.2. The second-order valence-electron chi connectivity index (χ2n) is 6.00. The molecule has 0 radical (unpaired) electrons. The second-order valence-corrected chi connectivity index (χ2v) is 6.00. The van der Waals surface area contributed by atoms with Crippen molar-refractivity contribution in [3.05, 3.63) is 29.8 Å². The number of benzene rings is 1. The predicted molar refractivity (Wildman–Crippen MR) is 91.1 cm³/mol. The van der Waals surface area contributed by atoms with Crippen LogP contribution in [-0.4, -0.2) is 49.0 Å². The molecule has 1 aromatic rings. The Bertz CT molecular complexity index is 592. The molecule has 7 nitrogen and oxygen atoms in total. The molecule has 1 saturated heterocycles. The molecule has 0 bridgehead atoms. The monoisotopic (exact) mass is 348 g/mol. The fourth-order valence-electron chi connectivity index (χ4n) is 2.64. The number of primary amides is 1. The van der Waals surface area contributed by atoms with Gasteiger partial charge in [0, 0.05) is 13.1 Å². The summed E-state index contributed by atoms with van der Waals surface area (Å²) in [5, 5.41) is 0. The molecule has 1 aromatic carbocycles. The summed E-state index contributed by atoms with van der Waals surface area (Å²) in [6.45, 7) is 0.970. The minimum Gasteiger partial charge on any atom is -0.484 e. The summed E-state index contributed by atoms with van der Waals surface area (Å²) < 4.78 is 10.2. The van der Waals surface area contributed by atoms with E-state index < -0.39 is 11.9 Å². The summed E-state index contributed by atoms with van der Waals surface area (Å²) >= 11 is 0. The van der Waals surface area contributed by atoms with Gasteiger partial charge in [-0.15, -0.1) is 0 Å². The Balaban J connectivity index is 1.80. The maximum Gasteiger partial charge on any atom is 0.338 e. The van der Waals surface area contributed by atoms with Crippen molar-refractivity contribution in [1.29, 1.82) is 0 Å². The number of amides is 2. The Hall–Kier alpha value is -2.57. The molecular formula is C18H24N2O5. The quantitative estimate of drug-likeness (QED) is 0.786. The van der Waals surface area contributed by atoms with E-state index in [1.807, 2.05) is 0 Å². The van der Waals surface area contributed by atoms with Crippen molar-refractivity contribution in [2.24, 2.45) is 5.73 Å². The molecule has 1 aliphatic heterocycles. The largest absolute Gasteiger partial charge is 0.484 e. The smallest absolute Gasteiger partial charge is 0.338 e. The number of carbonyl (C=O) groups excluding carboxylic acids is 3. The fraction of sp³-hybridized carbons (Fsp3) is 0.500. The number of hydrogen-bond donors (Lipinski definition) is 1. The first-order valence-electron chi connectivity index (χ1n) is 8.52. The highest BCUT2D eigenvalue weighted by atomic mass is 16.5. The topological polar surface area (TPSA) is 98.9 Å². The highest BCUT2D eigenvalue weighted by molar-refractivity contribution is 5.91. The van der Waals surface area contributed by atoms with Gasteiger partial charge in [0.1, 0.15) is 5.75 Å². The van der Waals surface area contributed by atoms with Crippen LogP contribution in [0, 0.1) is 0 Å². The highest BCUT2D eigenvalue weighted by Crippen LogP contribution is 2.14. The van der Waals surface area contributed by atoms with Crippen molar-refractivity contribution in [2.75, 3.05) is 26.3 Å². The van der Waals surface area contributed by atoms with E-state index >= 15 is 0 Å². The summed E-state index contributed by atoms with van der Waals surface area (Å²) in [7, 11) is 0. The van der Waals surface area contributed by atoms with E-state index in [1.54, 1.807) is 17.0 Å². The summed E-state index contributed by atoms with van der Waals surface area (Å²) in [5.74, 6) is -0.878. The molecule has 0 unspecified atom stereocenters. The van der Waals surface area contributed by atoms with Crippen LogP contribution in [0.4, 0.5) is 0 Å². The van der Waals surface area contributed by atoms with Crippen LogP contribution in [-0.2, 0) is 14.3 Å². The van der Waals surface area contributed by atoms with Gasteiger partial charge in [0.2, 0.25) is 0 Å². The predicted octanol–water partition coefficient (Wildman–Crippen LogP) is 1.50. The molecule has 25 heavy (non-hydrogen) atoms. The molecule has 0 spiro atoms. The van der Waals surface area contributed by atoms with Gasteiger partial charge >= 0.3 is 5.97 Å². The first-order valence-corrected chi connectivity index (χ1v) is 8.52. The van der Waals surface area contributed by atoms with Crippen molar-refractivity contribution in [3.8, 4) is 5.75 Å². The maximum absolute atomic E-state index is 12.2. The van der Waals surface area contributed by atoms with E-state index in [0.717, 1.165) is 38.8 Å². The van der Waals surface area contributed by atoms with Gasteiger partial charge in [-0.05, 0) is 37.1 Å². The fourth-order valence-corrected chi connectivity index (χ4v) is 2.64. The number of hydrogen-bond acceptors (Lipinski definition) is 5. The number of ether oxygens (including phenoxy) is 2. The van der Waals surface area contributed by atoms with Gasteiger partial charge < -0.3 is 20.1 Å². The molecule has 1 heterocycles. The molecular weight excluding hydrogens is 324 g/mol. The third kappa shape index (κ3) is 6.45. The molecule has 0 aliphatic carbocycles. The first-order chi connectivity index (χ1) is 12.1. The van der Waals surface area contributed by atoms with Gasteiger partial charge in [0.25, 0.3) is 11.8 Å². The zero-order chi connectivity index (χ0) is 18.1. The van der Waals surface area contributed by atoms with Crippen LogP contribution in [0.2, 0.25) is 0 Å². The van der Waals surface area contributed by atoms with Gasteiger partial charge in [-0.1, -0.05) is 19.3 Å².